The van der Waals surface area contributed by atoms with E-state index in [0.29, 0.717) is 17.1 Å². The van der Waals surface area contributed by atoms with Gasteiger partial charge in [0.1, 0.15) is 5.82 Å². The first-order valence-electron chi connectivity index (χ1n) is 5.31. The highest BCUT2D eigenvalue weighted by atomic mass is 19.1. The molecule has 1 aromatic carbocycles. The molecule has 18 heavy (non-hydrogen) atoms. The maximum absolute atomic E-state index is 13.2. The van der Waals surface area contributed by atoms with Gasteiger partial charge in [0.15, 0.2) is 5.69 Å². The number of nitrogen functional groups attached to an aromatic ring is 1. The van der Waals surface area contributed by atoms with Gasteiger partial charge in [-0.1, -0.05) is 0 Å². The van der Waals surface area contributed by atoms with Gasteiger partial charge in [0.25, 0.3) is 5.91 Å². The fourth-order valence-corrected chi connectivity index (χ4v) is 1.54. The van der Waals surface area contributed by atoms with Crippen molar-refractivity contribution in [2.45, 2.75) is 0 Å². The minimum Gasteiger partial charge on any atom is -0.399 e. The Bertz CT molecular complexity index is 571. The molecule has 2 aromatic rings. The number of nitrogens with two attached hydrogens (primary N) is 1. The van der Waals surface area contributed by atoms with E-state index in [2.05, 4.69) is 5.10 Å². The van der Waals surface area contributed by atoms with Crippen molar-refractivity contribution >= 4 is 11.6 Å². The lowest BCUT2D eigenvalue weighted by molar-refractivity contribution is 0.0821. The van der Waals surface area contributed by atoms with E-state index in [-0.39, 0.29) is 5.91 Å². The zero-order valence-electron chi connectivity index (χ0n) is 10.1. The summed E-state index contributed by atoms with van der Waals surface area (Å²) < 4.78 is 14.6. The van der Waals surface area contributed by atoms with Gasteiger partial charge in [-0.25, -0.2) is 9.07 Å². The number of carbonyl (C=O) groups excluding carboxylic acids is 1. The van der Waals surface area contributed by atoms with Gasteiger partial charge in [0, 0.05) is 26.0 Å². The van der Waals surface area contributed by atoms with Crippen LogP contribution in [-0.4, -0.2) is 34.7 Å². The smallest absolute Gasteiger partial charge is 0.273 e. The summed E-state index contributed by atoms with van der Waals surface area (Å²) >= 11 is 0. The molecule has 0 saturated carbocycles. The summed E-state index contributed by atoms with van der Waals surface area (Å²) in [5.74, 6) is -0.654. The lowest BCUT2D eigenvalue weighted by atomic mass is 10.3. The lowest BCUT2D eigenvalue weighted by Gasteiger charge is -2.07. The van der Waals surface area contributed by atoms with Crippen LogP contribution in [0.25, 0.3) is 5.69 Å². The molecule has 0 aliphatic carbocycles. The van der Waals surface area contributed by atoms with Gasteiger partial charge in [0.2, 0.25) is 0 Å². The second-order valence-corrected chi connectivity index (χ2v) is 4.09. The molecule has 0 aliphatic rings. The number of benzene rings is 1. The normalized spacial score (nSPS) is 10.4. The van der Waals surface area contributed by atoms with Gasteiger partial charge in [-0.05, 0) is 24.3 Å². The molecule has 0 aliphatic heterocycles. The second kappa shape index (κ2) is 4.48. The van der Waals surface area contributed by atoms with E-state index in [0.717, 1.165) is 0 Å². The van der Waals surface area contributed by atoms with E-state index in [1.54, 1.807) is 32.4 Å². The van der Waals surface area contributed by atoms with Gasteiger partial charge < -0.3 is 10.6 Å². The zero-order chi connectivity index (χ0) is 13.3. The predicted molar refractivity (Wildman–Crippen MR) is 66.0 cm³/mol. The molecular formula is C12H13FN4O. The van der Waals surface area contributed by atoms with Crippen LogP contribution in [0.3, 0.4) is 0 Å². The lowest BCUT2D eigenvalue weighted by Crippen LogP contribution is -2.22. The number of nitrogens with zero attached hydrogens (tertiary/aromatic N) is 3. The average Bonchev–Trinajstić information content (AvgIpc) is 2.75. The van der Waals surface area contributed by atoms with E-state index < -0.39 is 5.82 Å². The molecule has 0 saturated heterocycles. The quantitative estimate of drug-likeness (QED) is 0.815. The van der Waals surface area contributed by atoms with Crippen molar-refractivity contribution in [1.82, 2.24) is 14.7 Å². The van der Waals surface area contributed by atoms with E-state index in [4.69, 9.17) is 5.73 Å². The maximum Gasteiger partial charge on any atom is 0.273 e. The fraction of sp³-hybridized carbons (Fsp3) is 0.167. The molecule has 0 radical (unpaired) electrons. The third-order valence-electron chi connectivity index (χ3n) is 2.38. The van der Waals surface area contributed by atoms with Crippen LogP contribution in [0.1, 0.15) is 10.5 Å². The number of halogens is 1. The largest absolute Gasteiger partial charge is 0.399 e. The van der Waals surface area contributed by atoms with Crippen molar-refractivity contribution in [2.75, 3.05) is 19.8 Å². The highest BCUT2D eigenvalue weighted by Gasteiger charge is 2.12. The number of carbonyl (C=O) groups is 1. The van der Waals surface area contributed by atoms with Crippen LogP contribution in [-0.2, 0) is 0 Å². The van der Waals surface area contributed by atoms with E-state index in [9.17, 15) is 9.18 Å². The zero-order valence-corrected chi connectivity index (χ0v) is 10.1. The van der Waals surface area contributed by atoms with Crippen LogP contribution in [0.2, 0.25) is 0 Å². The summed E-state index contributed by atoms with van der Waals surface area (Å²) in [6.45, 7) is 0. The summed E-state index contributed by atoms with van der Waals surface area (Å²) in [4.78, 5) is 13.1. The number of hydrogen-bond acceptors (Lipinski definition) is 3. The fourth-order valence-electron chi connectivity index (χ4n) is 1.54. The number of rotatable bonds is 2. The SMILES string of the molecule is CN(C)C(=O)c1ccn(-c2cc(N)cc(F)c2)n1. The highest BCUT2D eigenvalue weighted by molar-refractivity contribution is 5.91. The number of aromatic nitrogens is 2. The molecule has 2 rings (SSSR count). The summed E-state index contributed by atoms with van der Waals surface area (Å²) in [5, 5.41) is 4.09. The minimum atomic E-state index is -0.444. The van der Waals surface area contributed by atoms with Crippen LogP contribution >= 0.6 is 0 Å². The van der Waals surface area contributed by atoms with Crippen molar-refractivity contribution in [3.63, 3.8) is 0 Å². The summed E-state index contributed by atoms with van der Waals surface area (Å²) in [6, 6.07) is 5.68. The van der Waals surface area contributed by atoms with Gasteiger partial charge in [-0.2, -0.15) is 5.10 Å². The predicted octanol–water partition coefficient (Wildman–Crippen LogP) is 1.30. The Hall–Kier alpha value is -2.37. The Labute approximate surface area is 104 Å². The Kier molecular flexibility index (Phi) is 3.01. The minimum absolute atomic E-state index is 0.210. The maximum atomic E-state index is 13.2. The Morgan fingerprint density at radius 2 is 2.11 bits per heavy atom. The number of hydrogen-bond donors (Lipinski definition) is 1. The molecule has 1 aromatic heterocycles. The van der Waals surface area contributed by atoms with Crippen LogP contribution in [0.5, 0.6) is 0 Å². The topological polar surface area (TPSA) is 64.2 Å². The van der Waals surface area contributed by atoms with Crippen LogP contribution < -0.4 is 5.73 Å². The van der Waals surface area contributed by atoms with Gasteiger partial charge in [-0.15, -0.1) is 0 Å². The van der Waals surface area contributed by atoms with Crippen molar-refractivity contribution in [2.24, 2.45) is 0 Å². The van der Waals surface area contributed by atoms with Crippen molar-refractivity contribution in [3.05, 3.63) is 42.0 Å². The molecule has 6 heteroatoms. The molecule has 0 spiro atoms. The number of anilines is 1. The molecule has 2 N–H and O–H groups in total. The van der Waals surface area contributed by atoms with Crippen molar-refractivity contribution in [3.8, 4) is 5.69 Å². The highest BCUT2D eigenvalue weighted by Crippen LogP contribution is 2.15. The van der Waals surface area contributed by atoms with Crippen LogP contribution in [0, 0.1) is 5.82 Å². The third kappa shape index (κ3) is 2.32. The Morgan fingerprint density at radius 3 is 2.72 bits per heavy atom. The Morgan fingerprint density at radius 1 is 1.39 bits per heavy atom. The first-order chi connectivity index (χ1) is 8.47. The van der Waals surface area contributed by atoms with E-state index >= 15 is 0 Å². The summed E-state index contributed by atoms with van der Waals surface area (Å²) in [7, 11) is 3.28. The molecule has 0 bridgehead atoms. The van der Waals surface area contributed by atoms with E-state index in [1.807, 2.05) is 0 Å². The van der Waals surface area contributed by atoms with Crippen LogP contribution in [0.4, 0.5) is 10.1 Å². The van der Waals surface area contributed by atoms with E-state index in [1.165, 1.54) is 21.7 Å². The second-order valence-electron chi connectivity index (χ2n) is 4.09. The standard InChI is InChI=1S/C12H13FN4O/c1-16(2)12(18)11-3-4-17(15-11)10-6-8(13)5-9(14)7-10/h3-7H,14H2,1-2H3. The van der Waals surface area contributed by atoms with Gasteiger partial charge in [0.05, 0.1) is 5.69 Å². The Balaban J connectivity index is 2.38. The molecule has 0 unspecified atom stereocenters. The monoisotopic (exact) mass is 248 g/mol. The van der Waals surface area contributed by atoms with Crippen molar-refractivity contribution < 1.29 is 9.18 Å². The molecule has 1 amide bonds. The molecule has 5 nitrogen and oxygen atoms in total. The molecular weight excluding hydrogens is 235 g/mol. The molecule has 94 valence electrons. The molecule has 0 atom stereocenters. The summed E-state index contributed by atoms with van der Waals surface area (Å²) in [6.07, 6.45) is 1.59. The molecule has 0 fully saturated rings. The summed E-state index contributed by atoms with van der Waals surface area (Å²) in [5.41, 5.74) is 6.63. The first-order valence-corrected chi connectivity index (χ1v) is 5.31. The third-order valence-corrected chi connectivity index (χ3v) is 2.38. The molecule has 1 heterocycles. The van der Waals surface area contributed by atoms with Crippen LogP contribution in [0.15, 0.2) is 30.5 Å². The van der Waals surface area contributed by atoms with Gasteiger partial charge in [-0.3, -0.25) is 4.79 Å². The first kappa shape index (κ1) is 12.1. The van der Waals surface area contributed by atoms with Gasteiger partial charge >= 0.3 is 0 Å². The van der Waals surface area contributed by atoms with Crippen molar-refractivity contribution in [1.29, 1.82) is 0 Å². The average molecular weight is 248 g/mol. The number of amides is 1.